The van der Waals surface area contributed by atoms with Gasteiger partial charge in [-0.15, -0.1) is 0 Å². The summed E-state index contributed by atoms with van der Waals surface area (Å²) in [7, 11) is 1.52. The van der Waals surface area contributed by atoms with Gasteiger partial charge in [-0.25, -0.2) is 9.59 Å². The first kappa shape index (κ1) is 17.8. The molecule has 1 heterocycles. The first-order valence-corrected chi connectivity index (χ1v) is 8.15. The van der Waals surface area contributed by atoms with Crippen LogP contribution in [0.2, 0.25) is 5.02 Å². The molecular weight excluding hydrogens is 356 g/mol. The molecule has 0 aliphatic rings. The smallest absolute Gasteiger partial charge is 0.336 e. The molecule has 0 spiro atoms. The van der Waals surface area contributed by atoms with E-state index in [0.29, 0.717) is 32.9 Å². The minimum absolute atomic E-state index is 0.0554. The Morgan fingerprint density at radius 3 is 2.77 bits per heavy atom. The average Bonchev–Trinajstić information content (AvgIpc) is 2.64. The Hall–Kier alpha value is -3.05. The molecule has 0 radical (unpaired) electrons. The Kier molecular flexibility index (Phi) is 5.39. The van der Waals surface area contributed by atoms with Gasteiger partial charge in [0.15, 0.2) is 0 Å². The standard InChI is InChI=1S/C20H15ClO5/c1-24-15-7-8-16-14(10-20(23)26-18(16)11-15)12-25-19(22)9-6-13-4-2-3-5-17(13)21/h2-11H,12H2,1H3/b9-6+. The van der Waals surface area contributed by atoms with Crippen LogP contribution in [0, 0.1) is 0 Å². The lowest BCUT2D eigenvalue weighted by Gasteiger charge is -2.07. The van der Waals surface area contributed by atoms with E-state index in [4.69, 9.17) is 25.5 Å². The van der Waals surface area contributed by atoms with Crippen LogP contribution >= 0.6 is 11.6 Å². The normalized spacial score (nSPS) is 11.0. The summed E-state index contributed by atoms with van der Waals surface area (Å²) in [5, 5.41) is 1.21. The fraction of sp³-hybridized carbons (Fsp3) is 0.100. The molecule has 0 aliphatic heterocycles. The summed E-state index contributed by atoms with van der Waals surface area (Å²) in [5.74, 6) is 0.0253. The van der Waals surface area contributed by atoms with Crippen LogP contribution in [0.4, 0.5) is 0 Å². The molecule has 2 aromatic carbocycles. The third-order valence-corrected chi connectivity index (χ3v) is 4.06. The highest BCUT2D eigenvalue weighted by Gasteiger charge is 2.09. The van der Waals surface area contributed by atoms with Crippen LogP contribution in [0.25, 0.3) is 17.0 Å². The quantitative estimate of drug-likeness (QED) is 0.382. The van der Waals surface area contributed by atoms with E-state index in [1.807, 2.05) is 6.07 Å². The number of carbonyl (C=O) groups is 1. The SMILES string of the molecule is COc1ccc2c(COC(=O)/C=C/c3ccccc3Cl)cc(=O)oc2c1. The number of rotatable bonds is 5. The van der Waals surface area contributed by atoms with Crippen LogP contribution < -0.4 is 10.4 Å². The topological polar surface area (TPSA) is 65.7 Å². The fourth-order valence-corrected chi connectivity index (χ4v) is 2.62. The molecule has 0 atom stereocenters. The molecule has 5 nitrogen and oxygen atoms in total. The van der Waals surface area contributed by atoms with Crippen LogP contribution in [-0.2, 0) is 16.1 Å². The van der Waals surface area contributed by atoms with Gasteiger partial charge >= 0.3 is 11.6 Å². The lowest BCUT2D eigenvalue weighted by atomic mass is 10.1. The number of fused-ring (bicyclic) bond motifs is 1. The number of hydrogen-bond acceptors (Lipinski definition) is 5. The van der Waals surface area contributed by atoms with E-state index in [1.54, 1.807) is 42.5 Å². The highest BCUT2D eigenvalue weighted by molar-refractivity contribution is 6.32. The van der Waals surface area contributed by atoms with Crippen molar-refractivity contribution >= 4 is 34.6 Å². The second kappa shape index (κ2) is 7.89. The monoisotopic (exact) mass is 370 g/mol. The summed E-state index contributed by atoms with van der Waals surface area (Å²) in [6, 6.07) is 13.6. The van der Waals surface area contributed by atoms with E-state index in [1.165, 1.54) is 19.3 Å². The van der Waals surface area contributed by atoms with Crippen LogP contribution in [0.15, 0.2) is 63.8 Å². The van der Waals surface area contributed by atoms with Gasteiger partial charge in [-0.1, -0.05) is 29.8 Å². The Morgan fingerprint density at radius 1 is 1.19 bits per heavy atom. The van der Waals surface area contributed by atoms with Gasteiger partial charge in [-0.3, -0.25) is 0 Å². The molecular formula is C20H15ClO5. The fourth-order valence-electron chi connectivity index (χ4n) is 2.42. The lowest BCUT2D eigenvalue weighted by Crippen LogP contribution is -2.05. The summed E-state index contributed by atoms with van der Waals surface area (Å²) < 4.78 is 15.5. The maximum atomic E-state index is 11.9. The molecule has 1 aromatic heterocycles. The molecule has 0 aliphatic carbocycles. The number of halogens is 1. The average molecular weight is 371 g/mol. The van der Waals surface area contributed by atoms with Gasteiger partial charge in [0.2, 0.25) is 0 Å². The van der Waals surface area contributed by atoms with E-state index in [9.17, 15) is 9.59 Å². The van der Waals surface area contributed by atoms with Crippen molar-refractivity contribution in [3.8, 4) is 5.75 Å². The molecule has 0 fully saturated rings. The second-order valence-electron chi connectivity index (χ2n) is 5.42. The van der Waals surface area contributed by atoms with E-state index in [2.05, 4.69) is 0 Å². The van der Waals surface area contributed by atoms with Crippen molar-refractivity contribution in [2.45, 2.75) is 6.61 Å². The highest BCUT2D eigenvalue weighted by Crippen LogP contribution is 2.23. The largest absolute Gasteiger partial charge is 0.497 e. The number of benzene rings is 2. The lowest BCUT2D eigenvalue weighted by molar-refractivity contribution is -0.138. The number of carbonyl (C=O) groups excluding carboxylic acids is 1. The molecule has 132 valence electrons. The number of methoxy groups -OCH3 is 1. The van der Waals surface area contributed by atoms with Crippen molar-refractivity contribution in [3.05, 3.63) is 81.2 Å². The first-order chi connectivity index (χ1) is 12.6. The van der Waals surface area contributed by atoms with Gasteiger partial charge in [0.1, 0.15) is 17.9 Å². The summed E-state index contributed by atoms with van der Waals surface area (Å²) in [4.78, 5) is 23.7. The maximum Gasteiger partial charge on any atom is 0.336 e. The van der Waals surface area contributed by atoms with Crippen molar-refractivity contribution in [2.24, 2.45) is 0 Å². The van der Waals surface area contributed by atoms with E-state index in [-0.39, 0.29) is 6.61 Å². The third kappa shape index (κ3) is 4.13. The van der Waals surface area contributed by atoms with Gasteiger partial charge in [-0.2, -0.15) is 0 Å². The molecule has 0 unspecified atom stereocenters. The predicted molar refractivity (Wildman–Crippen MR) is 99.3 cm³/mol. The zero-order chi connectivity index (χ0) is 18.5. The molecule has 6 heteroatoms. The third-order valence-electron chi connectivity index (χ3n) is 3.71. The first-order valence-electron chi connectivity index (χ1n) is 7.77. The Bertz CT molecular complexity index is 1040. The van der Waals surface area contributed by atoms with Crippen LogP contribution in [0.1, 0.15) is 11.1 Å². The van der Waals surface area contributed by atoms with Crippen LogP contribution in [-0.4, -0.2) is 13.1 Å². The van der Waals surface area contributed by atoms with Gasteiger partial charge in [0.05, 0.1) is 7.11 Å². The molecule has 3 aromatic rings. The van der Waals surface area contributed by atoms with Gasteiger partial charge < -0.3 is 13.9 Å². The number of hydrogen-bond donors (Lipinski definition) is 0. The highest BCUT2D eigenvalue weighted by atomic mass is 35.5. The summed E-state index contributed by atoms with van der Waals surface area (Å²) in [6.45, 7) is -0.0554. The Balaban J connectivity index is 1.76. The van der Waals surface area contributed by atoms with Crippen molar-refractivity contribution in [2.75, 3.05) is 7.11 Å². The van der Waals surface area contributed by atoms with Crippen LogP contribution in [0.3, 0.4) is 0 Å². The van der Waals surface area contributed by atoms with Crippen molar-refractivity contribution in [3.63, 3.8) is 0 Å². The van der Waals surface area contributed by atoms with Crippen molar-refractivity contribution in [1.29, 1.82) is 0 Å². The van der Waals surface area contributed by atoms with E-state index in [0.717, 1.165) is 0 Å². The molecule has 26 heavy (non-hydrogen) atoms. The van der Waals surface area contributed by atoms with E-state index >= 15 is 0 Å². The number of ether oxygens (including phenoxy) is 2. The van der Waals surface area contributed by atoms with Gasteiger partial charge in [-0.05, 0) is 29.8 Å². The Morgan fingerprint density at radius 2 is 2.00 bits per heavy atom. The zero-order valence-corrected chi connectivity index (χ0v) is 14.7. The molecule has 0 N–H and O–H groups in total. The maximum absolute atomic E-state index is 11.9. The summed E-state index contributed by atoms with van der Waals surface area (Å²) >= 11 is 6.03. The molecule has 0 bridgehead atoms. The number of esters is 1. The van der Waals surface area contributed by atoms with Gasteiger partial charge in [0.25, 0.3) is 0 Å². The summed E-state index contributed by atoms with van der Waals surface area (Å²) in [5.41, 5.74) is 1.11. The molecule has 0 amide bonds. The molecule has 0 saturated carbocycles. The summed E-state index contributed by atoms with van der Waals surface area (Å²) in [6.07, 6.45) is 2.87. The van der Waals surface area contributed by atoms with Crippen molar-refractivity contribution < 1.29 is 18.7 Å². The minimum Gasteiger partial charge on any atom is -0.497 e. The van der Waals surface area contributed by atoms with Gasteiger partial charge in [0, 0.05) is 34.2 Å². The predicted octanol–water partition coefficient (Wildman–Crippen LogP) is 4.21. The van der Waals surface area contributed by atoms with E-state index < -0.39 is 11.6 Å². The second-order valence-corrected chi connectivity index (χ2v) is 5.82. The van der Waals surface area contributed by atoms with Crippen LogP contribution in [0.5, 0.6) is 5.75 Å². The van der Waals surface area contributed by atoms with Crippen molar-refractivity contribution in [1.82, 2.24) is 0 Å². The molecule has 3 rings (SSSR count). The Labute approximate surface area is 154 Å². The minimum atomic E-state index is -0.542. The zero-order valence-electron chi connectivity index (χ0n) is 13.9. The molecule has 0 saturated heterocycles.